The number of hydrogen-bond donors (Lipinski definition) is 2. The zero-order valence-corrected chi connectivity index (χ0v) is 12.9. The highest BCUT2D eigenvalue weighted by atomic mass is 32.2. The van der Waals surface area contributed by atoms with E-state index in [0.29, 0.717) is 5.09 Å². The summed E-state index contributed by atoms with van der Waals surface area (Å²) in [6, 6.07) is 2.14. The van der Waals surface area contributed by atoms with Gasteiger partial charge >= 0.3 is 5.97 Å². The molecule has 0 spiro atoms. The maximum absolute atomic E-state index is 12.3. The molecular weight excluding hydrogens is 296 g/mol. The van der Waals surface area contributed by atoms with E-state index in [1.165, 1.54) is 31.7 Å². The van der Waals surface area contributed by atoms with Gasteiger partial charge in [0.2, 0.25) is 5.91 Å². The summed E-state index contributed by atoms with van der Waals surface area (Å²) in [5, 5.41) is 12.2. The van der Waals surface area contributed by atoms with Gasteiger partial charge in [0, 0.05) is 20.0 Å². The number of amides is 2. The van der Waals surface area contributed by atoms with Crippen molar-refractivity contribution in [3.8, 4) is 0 Å². The molecule has 1 atom stereocenters. The highest BCUT2D eigenvalue weighted by molar-refractivity contribution is 7.98. The second kappa shape index (κ2) is 7.72. The minimum atomic E-state index is -1.12. The summed E-state index contributed by atoms with van der Waals surface area (Å²) in [5.74, 6) is -1.80. The van der Waals surface area contributed by atoms with Crippen LogP contribution in [-0.4, -0.2) is 53.2 Å². The van der Waals surface area contributed by atoms with Gasteiger partial charge in [-0.05, 0) is 25.3 Å². The van der Waals surface area contributed by atoms with Crippen LogP contribution >= 0.6 is 11.8 Å². The number of carbonyl (C=O) groups is 3. The van der Waals surface area contributed by atoms with E-state index in [4.69, 9.17) is 9.52 Å². The molecule has 2 N–H and O–H groups in total. The van der Waals surface area contributed by atoms with E-state index in [1.807, 2.05) is 6.26 Å². The number of carboxylic acid groups (broad SMARTS) is 1. The Labute approximate surface area is 126 Å². The molecule has 1 aromatic heterocycles. The number of carbonyl (C=O) groups excluding carboxylic acids is 2. The fraction of sp³-hybridized carbons (Fsp3) is 0.462. The summed E-state index contributed by atoms with van der Waals surface area (Å²) in [4.78, 5) is 35.5. The van der Waals surface area contributed by atoms with Gasteiger partial charge in [0.1, 0.15) is 6.04 Å². The monoisotopic (exact) mass is 314 g/mol. The van der Waals surface area contributed by atoms with E-state index in [9.17, 15) is 14.4 Å². The van der Waals surface area contributed by atoms with Gasteiger partial charge < -0.3 is 19.7 Å². The first kappa shape index (κ1) is 17.1. The molecule has 0 saturated heterocycles. The molecule has 21 heavy (non-hydrogen) atoms. The van der Waals surface area contributed by atoms with Crippen molar-refractivity contribution in [3.63, 3.8) is 0 Å². The first-order chi connectivity index (χ1) is 9.86. The average molecular weight is 314 g/mol. The Bertz CT molecular complexity index is 528. The minimum Gasteiger partial charge on any atom is -0.480 e. The number of rotatable bonds is 7. The third-order valence-corrected chi connectivity index (χ3v) is 3.43. The lowest BCUT2D eigenvalue weighted by Gasteiger charge is -2.25. The van der Waals surface area contributed by atoms with Crippen molar-refractivity contribution in [1.82, 2.24) is 10.2 Å². The number of carboxylic acids is 1. The second-order valence-corrected chi connectivity index (χ2v) is 5.13. The zero-order chi connectivity index (χ0) is 16.0. The van der Waals surface area contributed by atoms with Crippen molar-refractivity contribution in [1.29, 1.82) is 0 Å². The molecule has 0 radical (unpaired) electrons. The molecule has 0 aromatic carbocycles. The molecule has 0 aliphatic rings. The van der Waals surface area contributed by atoms with Gasteiger partial charge in [0.25, 0.3) is 5.91 Å². The molecule has 0 aliphatic carbocycles. The minimum absolute atomic E-state index is 0.0790. The summed E-state index contributed by atoms with van der Waals surface area (Å²) < 4.78 is 5.32. The fourth-order valence-electron chi connectivity index (χ4n) is 1.64. The topological polar surface area (TPSA) is 99.9 Å². The van der Waals surface area contributed by atoms with Crippen molar-refractivity contribution in [3.05, 3.63) is 17.9 Å². The highest BCUT2D eigenvalue weighted by Crippen LogP contribution is 2.19. The molecule has 1 aromatic rings. The average Bonchev–Trinajstić information content (AvgIpc) is 2.90. The summed E-state index contributed by atoms with van der Waals surface area (Å²) in [7, 11) is 0. The van der Waals surface area contributed by atoms with Crippen LogP contribution in [0, 0.1) is 0 Å². The molecule has 116 valence electrons. The highest BCUT2D eigenvalue weighted by Gasteiger charge is 2.28. The van der Waals surface area contributed by atoms with Gasteiger partial charge in [-0.2, -0.15) is 0 Å². The van der Waals surface area contributed by atoms with Gasteiger partial charge in [-0.15, -0.1) is 0 Å². The number of aliphatic carboxylic acids is 1. The number of furan rings is 1. The van der Waals surface area contributed by atoms with E-state index in [-0.39, 0.29) is 24.8 Å². The molecule has 8 heteroatoms. The van der Waals surface area contributed by atoms with Crippen LogP contribution < -0.4 is 5.32 Å². The van der Waals surface area contributed by atoms with Crippen molar-refractivity contribution >= 4 is 29.5 Å². The largest absolute Gasteiger partial charge is 0.480 e. The molecule has 0 fully saturated rings. The van der Waals surface area contributed by atoms with Crippen molar-refractivity contribution < 1.29 is 23.9 Å². The maximum atomic E-state index is 12.3. The van der Waals surface area contributed by atoms with Gasteiger partial charge in [-0.3, -0.25) is 9.59 Å². The van der Waals surface area contributed by atoms with Gasteiger partial charge in [0.05, 0.1) is 0 Å². The Balaban J connectivity index is 2.85. The third kappa shape index (κ3) is 4.82. The number of hydrogen-bond acceptors (Lipinski definition) is 5. The SMILES string of the molecule is CSc1ccc(C(=O)N(CCNC(C)=O)C(C)C(=O)O)o1. The Morgan fingerprint density at radius 2 is 2.10 bits per heavy atom. The van der Waals surface area contributed by atoms with Crippen LogP contribution in [0.2, 0.25) is 0 Å². The summed E-state index contributed by atoms with van der Waals surface area (Å²) >= 11 is 1.34. The number of thioether (sulfide) groups is 1. The van der Waals surface area contributed by atoms with Gasteiger partial charge in [-0.1, -0.05) is 11.8 Å². The first-order valence-electron chi connectivity index (χ1n) is 6.28. The van der Waals surface area contributed by atoms with E-state index < -0.39 is 17.9 Å². The quantitative estimate of drug-likeness (QED) is 0.730. The van der Waals surface area contributed by atoms with Gasteiger partial charge in [-0.25, -0.2) is 4.79 Å². The van der Waals surface area contributed by atoms with Crippen molar-refractivity contribution in [2.45, 2.75) is 25.0 Å². The Kier molecular flexibility index (Phi) is 6.29. The number of nitrogens with zero attached hydrogens (tertiary/aromatic N) is 1. The Hall–Kier alpha value is -1.96. The Morgan fingerprint density at radius 1 is 1.43 bits per heavy atom. The number of nitrogens with one attached hydrogen (secondary N) is 1. The molecule has 1 unspecified atom stereocenters. The summed E-state index contributed by atoms with van der Waals surface area (Å²) in [5.41, 5.74) is 0. The standard InChI is InChI=1S/C13H18N2O5S/c1-8(13(18)19)15(7-6-14-9(2)16)12(17)10-4-5-11(20-10)21-3/h4-5,8H,6-7H2,1-3H3,(H,14,16)(H,18,19). The molecule has 0 bridgehead atoms. The smallest absolute Gasteiger partial charge is 0.326 e. The molecule has 2 amide bonds. The lowest BCUT2D eigenvalue weighted by molar-refractivity contribution is -0.141. The maximum Gasteiger partial charge on any atom is 0.326 e. The van der Waals surface area contributed by atoms with E-state index >= 15 is 0 Å². The summed E-state index contributed by atoms with van der Waals surface area (Å²) in [6.45, 7) is 3.02. The lowest BCUT2D eigenvalue weighted by atomic mass is 10.2. The van der Waals surface area contributed by atoms with Crippen LogP contribution in [0.4, 0.5) is 0 Å². The van der Waals surface area contributed by atoms with Crippen LogP contribution in [-0.2, 0) is 9.59 Å². The zero-order valence-electron chi connectivity index (χ0n) is 12.1. The predicted octanol–water partition coefficient (Wildman–Crippen LogP) is 1.05. The van der Waals surface area contributed by atoms with Crippen LogP contribution in [0.5, 0.6) is 0 Å². The van der Waals surface area contributed by atoms with Crippen LogP contribution in [0.25, 0.3) is 0 Å². The molecule has 0 saturated carbocycles. The Morgan fingerprint density at radius 3 is 2.57 bits per heavy atom. The van der Waals surface area contributed by atoms with Crippen LogP contribution in [0.3, 0.4) is 0 Å². The van der Waals surface area contributed by atoms with E-state index in [1.54, 1.807) is 6.07 Å². The first-order valence-corrected chi connectivity index (χ1v) is 7.51. The summed E-state index contributed by atoms with van der Waals surface area (Å²) in [6.07, 6.45) is 1.81. The molecule has 0 aliphatic heterocycles. The molecular formula is C13H18N2O5S. The normalized spacial score (nSPS) is 11.8. The van der Waals surface area contributed by atoms with Crippen LogP contribution in [0.15, 0.2) is 21.6 Å². The molecule has 1 rings (SSSR count). The molecule has 1 heterocycles. The van der Waals surface area contributed by atoms with E-state index in [2.05, 4.69) is 5.32 Å². The second-order valence-electron chi connectivity index (χ2n) is 4.32. The molecule has 7 nitrogen and oxygen atoms in total. The van der Waals surface area contributed by atoms with Gasteiger partial charge in [0.15, 0.2) is 10.9 Å². The van der Waals surface area contributed by atoms with Crippen molar-refractivity contribution in [2.75, 3.05) is 19.3 Å². The third-order valence-electron chi connectivity index (χ3n) is 2.81. The lowest BCUT2D eigenvalue weighted by Crippen LogP contribution is -2.46. The van der Waals surface area contributed by atoms with E-state index in [0.717, 1.165) is 4.90 Å². The fourth-order valence-corrected chi connectivity index (χ4v) is 2.02. The predicted molar refractivity (Wildman–Crippen MR) is 77.3 cm³/mol. The van der Waals surface area contributed by atoms with Crippen LogP contribution in [0.1, 0.15) is 24.4 Å². The van der Waals surface area contributed by atoms with Crippen molar-refractivity contribution in [2.24, 2.45) is 0 Å².